The molecule has 0 atom stereocenters. The molecule has 3 aromatic rings. The van der Waals surface area contributed by atoms with Crippen molar-refractivity contribution >= 4 is 17.0 Å². The van der Waals surface area contributed by atoms with Crippen LogP contribution in [0.25, 0.3) is 11.2 Å². The minimum Gasteiger partial charge on any atom is -0.411 e. The van der Waals surface area contributed by atoms with Crippen LogP contribution in [0.3, 0.4) is 0 Å². The van der Waals surface area contributed by atoms with Crippen LogP contribution in [0.4, 0.5) is 10.2 Å². The van der Waals surface area contributed by atoms with E-state index in [0.29, 0.717) is 5.52 Å². The highest BCUT2D eigenvalue weighted by Gasteiger charge is 2.05. The Morgan fingerprint density at radius 3 is 2.80 bits per heavy atom. The summed E-state index contributed by atoms with van der Waals surface area (Å²) in [6.07, 6.45) is 1.64. The predicted molar refractivity (Wildman–Crippen MR) is 71.5 cm³/mol. The number of nitrogens with zero attached hydrogens (tertiary/aromatic N) is 3. The molecule has 0 fully saturated rings. The van der Waals surface area contributed by atoms with Crippen LogP contribution in [0, 0.1) is 17.8 Å². The first-order valence-corrected chi connectivity index (χ1v) is 5.83. The highest BCUT2D eigenvalue weighted by atomic mass is 19.1. The molecule has 0 amide bonds. The maximum absolute atomic E-state index is 12.9. The number of hydrogen-bond acceptors (Lipinski definition) is 5. The maximum atomic E-state index is 12.9. The Morgan fingerprint density at radius 1 is 1.15 bits per heavy atom. The van der Waals surface area contributed by atoms with Crippen LogP contribution in [-0.4, -0.2) is 22.0 Å². The van der Waals surface area contributed by atoms with E-state index >= 15 is 0 Å². The highest BCUT2D eigenvalue weighted by molar-refractivity contribution is 5.68. The van der Waals surface area contributed by atoms with E-state index in [2.05, 4.69) is 32.1 Å². The van der Waals surface area contributed by atoms with Gasteiger partial charge in [-0.3, -0.25) is 0 Å². The number of oxazole rings is 1. The smallest absolute Gasteiger partial charge is 0.276 e. The molecule has 0 unspecified atom stereocenters. The lowest BCUT2D eigenvalue weighted by Gasteiger charge is -1.96. The van der Waals surface area contributed by atoms with E-state index in [1.807, 2.05) is 12.1 Å². The van der Waals surface area contributed by atoms with Gasteiger partial charge in [0, 0.05) is 18.8 Å². The fourth-order valence-corrected chi connectivity index (χ4v) is 1.59. The SMILES string of the molecule is CNc1ccc(C#Cc2nc3ccc(F)nc3o2)cn1. The zero-order valence-electron chi connectivity index (χ0n) is 10.5. The molecule has 5 nitrogen and oxygen atoms in total. The summed E-state index contributed by atoms with van der Waals surface area (Å²) in [6, 6.07) is 6.36. The van der Waals surface area contributed by atoms with Gasteiger partial charge in [-0.05, 0) is 30.2 Å². The summed E-state index contributed by atoms with van der Waals surface area (Å²) in [6.45, 7) is 0. The van der Waals surface area contributed by atoms with Crippen molar-refractivity contribution in [1.29, 1.82) is 0 Å². The molecular formula is C14H9FN4O. The van der Waals surface area contributed by atoms with Crippen LogP contribution in [0.15, 0.2) is 34.9 Å². The van der Waals surface area contributed by atoms with E-state index in [9.17, 15) is 4.39 Å². The van der Waals surface area contributed by atoms with Crippen LogP contribution < -0.4 is 5.32 Å². The molecule has 0 saturated heterocycles. The third-order valence-electron chi connectivity index (χ3n) is 2.55. The fraction of sp³-hybridized carbons (Fsp3) is 0.0714. The molecular weight excluding hydrogens is 259 g/mol. The van der Waals surface area contributed by atoms with Gasteiger partial charge >= 0.3 is 0 Å². The third kappa shape index (κ3) is 2.42. The van der Waals surface area contributed by atoms with E-state index in [1.54, 1.807) is 13.2 Å². The van der Waals surface area contributed by atoms with E-state index in [4.69, 9.17) is 4.42 Å². The van der Waals surface area contributed by atoms with Crippen molar-refractivity contribution in [2.45, 2.75) is 0 Å². The van der Waals surface area contributed by atoms with Gasteiger partial charge in [-0.2, -0.15) is 14.4 Å². The van der Waals surface area contributed by atoms with Gasteiger partial charge in [0.05, 0.1) is 0 Å². The van der Waals surface area contributed by atoms with E-state index in [-0.39, 0.29) is 11.6 Å². The van der Waals surface area contributed by atoms with E-state index < -0.39 is 5.95 Å². The Hall–Kier alpha value is -2.94. The topological polar surface area (TPSA) is 63.8 Å². The molecule has 3 aromatic heterocycles. The molecule has 0 bridgehead atoms. The van der Waals surface area contributed by atoms with Crippen LogP contribution in [0.2, 0.25) is 0 Å². The Morgan fingerprint density at radius 2 is 2.05 bits per heavy atom. The lowest BCUT2D eigenvalue weighted by Crippen LogP contribution is -1.91. The molecule has 0 aliphatic rings. The summed E-state index contributed by atoms with van der Waals surface area (Å²) < 4.78 is 18.2. The minimum atomic E-state index is -0.611. The first kappa shape index (κ1) is 12.1. The van der Waals surface area contributed by atoms with Crippen molar-refractivity contribution in [2.24, 2.45) is 0 Å². The van der Waals surface area contributed by atoms with Crippen LogP contribution in [-0.2, 0) is 0 Å². The summed E-state index contributed by atoms with van der Waals surface area (Å²) in [4.78, 5) is 11.8. The second-order valence-electron chi connectivity index (χ2n) is 3.91. The average molecular weight is 268 g/mol. The van der Waals surface area contributed by atoms with Crippen molar-refractivity contribution < 1.29 is 8.81 Å². The number of aromatic nitrogens is 3. The van der Waals surface area contributed by atoms with Crippen molar-refractivity contribution in [3.05, 3.63) is 47.9 Å². The quantitative estimate of drug-likeness (QED) is 0.541. The number of rotatable bonds is 1. The summed E-state index contributed by atoms with van der Waals surface area (Å²) in [7, 11) is 1.79. The lowest BCUT2D eigenvalue weighted by molar-refractivity contribution is 0.544. The zero-order chi connectivity index (χ0) is 13.9. The Labute approximate surface area is 113 Å². The second-order valence-corrected chi connectivity index (χ2v) is 3.91. The number of fused-ring (bicyclic) bond motifs is 1. The molecule has 3 heterocycles. The molecule has 0 aliphatic carbocycles. The first-order chi connectivity index (χ1) is 9.74. The number of anilines is 1. The molecule has 98 valence electrons. The molecule has 20 heavy (non-hydrogen) atoms. The fourth-order valence-electron chi connectivity index (χ4n) is 1.59. The molecule has 0 saturated carbocycles. The average Bonchev–Trinajstić information content (AvgIpc) is 2.87. The summed E-state index contributed by atoms with van der Waals surface area (Å²) >= 11 is 0. The van der Waals surface area contributed by atoms with Crippen molar-refractivity contribution in [3.63, 3.8) is 0 Å². The number of halogens is 1. The molecule has 0 radical (unpaired) electrons. The third-order valence-corrected chi connectivity index (χ3v) is 2.55. The van der Waals surface area contributed by atoms with E-state index in [0.717, 1.165) is 11.4 Å². The van der Waals surface area contributed by atoms with Gasteiger partial charge in [-0.25, -0.2) is 4.98 Å². The Balaban J connectivity index is 1.90. The number of nitrogens with one attached hydrogen (secondary N) is 1. The van der Waals surface area contributed by atoms with Gasteiger partial charge in [-0.1, -0.05) is 5.92 Å². The van der Waals surface area contributed by atoms with Gasteiger partial charge in [0.2, 0.25) is 5.95 Å². The van der Waals surface area contributed by atoms with Gasteiger partial charge in [-0.15, -0.1) is 0 Å². The lowest BCUT2D eigenvalue weighted by atomic mass is 10.3. The molecule has 0 aromatic carbocycles. The monoisotopic (exact) mass is 268 g/mol. The molecule has 0 aliphatic heterocycles. The molecule has 1 N–H and O–H groups in total. The molecule has 6 heteroatoms. The largest absolute Gasteiger partial charge is 0.411 e. The van der Waals surface area contributed by atoms with Crippen molar-refractivity contribution in [1.82, 2.24) is 15.0 Å². The number of hydrogen-bond donors (Lipinski definition) is 1. The minimum absolute atomic E-state index is 0.137. The second kappa shape index (κ2) is 4.97. The van der Waals surface area contributed by atoms with Gasteiger partial charge in [0.1, 0.15) is 11.3 Å². The Kier molecular flexibility index (Phi) is 3.01. The zero-order valence-corrected chi connectivity index (χ0v) is 10.5. The standard InChI is InChI=1S/C14H9FN4O/c1-16-12-6-2-9(8-17-12)3-7-13-18-10-4-5-11(15)19-14(10)20-13/h2,4-6,8H,1H3,(H,16,17). The number of pyridine rings is 2. The van der Waals surface area contributed by atoms with Gasteiger partial charge in [0.15, 0.2) is 0 Å². The highest BCUT2D eigenvalue weighted by Crippen LogP contribution is 2.12. The predicted octanol–water partition coefficient (Wildman–Crippen LogP) is 2.20. The van der Waals surface area contributed by atoms with Gasteiger partial charge in [0.25, 0.3) is 11.6 Å². The van der Waals surface area contributed by atoms with Crippen LogP contribution >= 0.6 is 0 Å². The van der Waals surface area contributed by atoms with Gasteiger partial charge < -0.3 is 9.73 Å². The first-order valence-electron chi connectivity index (χ1n) is 5.83. The summed E-state index contributed by atoms with van der Waals surface area (Å²) in [5, 5.41) is 2.92. The molecule has 3 rings (SSSR count). The maximum Gasteiger partial charge on any atom is 0.276 e. The van der Waals surface area contributed by atoms with Crippen molar-refractivity contribution in [2.75, 3.05) is 12.4 Å². The van der Waals surface area contributed by atoms with Crippen LogP contribution in [0.5, 0.6) is 0 Å². The van der Waals surface area contributed by atoms with E-state index in [1.165, 1.54) is 12.1 Å². The molecule has 0 spiro atoms. The van der Waals surface area contributed by atoms with Crippen molar-refractivity contribution in [3.8, 4) is 11.8 Å². The normalized spacial score (nSPS) is 10.1. The summed E-state index contributed by atoms with van der Waals surface area (Å²) in [5.74, 6) is 5.97. The summed E-state index contributed by atoms with van der Waals surface area (Å²) in [5.41, 5.74) is 1.34. The van der Waals surface area contributed by atoms with Crippen LogP contribution in [0.1, 0.15) is 11.5 Å². The Bertz CT molecular complexity index is 815.